The van der Waals surface area contributed by atoms with Crippen LogP contribution in [-0.4, -0.2) is 27.5 Å². The minimum Gasteiger partial charge on any atom is -0.367 e. The van der Waals surface area contributed by atoms with Crippen molar-refractivity contribution in [1.82, 2.24) is 0 Å². The number of nitrogens with two attached hydrogens (primary N) is 2. The molecule has 1 fully saturated rings. The molecule has 1 unspecified atom stereocenters. The normalized spacial score (nSPS) is 19.9. The number of primary sulfonamides is 1. The number of anilines is 1. The second-order valence-electron chi connectivity index (χ2n) is 4.93. The van der Waals surface area contributed by atoms with Crippen molar-refractivity contribution in [3.05, 3.63) is 24.3 Å². The van der Waals surface area contributed by atoms with E-state index in [4.69, 9.17) is 10.9 Å². The van der Waals surface area contributed by atoms with Gasteiger partial charge in [0.05, 0.1) is 5.69 Å². The molecule has 0 aliphatic carbocycles. The van der Waals surface area contributed by atoms with Gasteiger partial charge in [0.25, 0.3) is 0 Å². The zero-order chi connectivity index (χ0) is 13.9. The lowest BCUT2D eigenvalue weighted by Crippen LogP contribution is -2.31. The third kappa shape index (κ3) is 3.26. The van der Waals surface area contributed by atoms with Gasteiger partial charge in [-0.1, -0.05) is 12.1 Å². The van der Waals surface area contributed by atoms with Crippen LogP contribution in [0, 0.1) is 0 Å². The zero-order valence-electron chi connectivity index (χ0n) is 11.0. The molecule has 1 aliphatic rings. The zero-order valence-corrected chi connectivity index (χ0v) is 11.8. The van der Waals surface area contributed by atoms with Crippen LogP contribution in [0.3, 0.4) is 0 Å². The number of hydrogen-bond donors (Lipinski definition) is 2. The quantitative estimate of drug-likeness (QED) is 0.845. The van der Waals surface area contributed by atoms with Gasteiger partial charge in [0.1, 0.15) is 4.90 Å². The van der Waals surface area contributed by atoms with Crippen LogP contribution in [0.5, 0.6) is 0 Å². The largest absolute Gasteiger partial charge is 0.367 e. The molecule has 4 N–H and O–H groups in total. The Kier molecular flexibility index (Phi) is 4.44. The molecule has 0 spiro atoms. The molecule has 19 heavy (non-hydrogen) atoms. The van der Waals surface area contributed by atoms with Crippen LogP contribution in [0.25, 0.3) is 0 Å². The molecular formula is C13H21N3O2S. The van der Waals surface area contributed by atoms with E-state index in [2.05, 4.69) is 4.90 Å². The second-order valence-corrected chi connectivity index (χ2v) is 6.46. The highest BCUT2D eigenvalue weighted by Gasteiger charge is 2.27. The molecule has 0 bridgehead atoms. The monoisotopic (exact) mass is 283 g/mol. The highest BCUT2D eigenvalue weighted by Crippen LogP contribution is 2.32. The number of nitrogens with zero attached hydrogens (tertiary/aromatic N) is 1. The molecule has 1 saturated heterocycles. The topological polar surface area (TPSA) is 89.4 Å². The Hall–Kier alpha value is -1.11. The van der Waals surface area contributed by atoms with Gasteiger partial charge in [-0.3, -0.25) is 0 Å². The first kappa shape index (κ1) is 14.3. The van der Waals surface area contributed by atoms with Crippen molar-refractivity contribution in [2.75, 3.05) is 18.0 Å². The molecule has 0 aromatic heterocycles. The summed E-state index contributed by atoms with van der Waals surface area (Å²) in [5.74, 6) is 0. The van der Waals surface area contributed by atoms with Gasteiger partial charge < -0.3 is 10.6 Å². The average Bonchev–Trinajstić information content (AvgIpc) is 2.83. The van der Waals surface area contributed by atoms with Gasteiger partial charge in [-0.25, -0.2) is 13.6 Å². The third-order valence-corrected chi connectivity index (χ3v) is 4.56. The first-order chi connectivity index (χ1) is 9.04. The van der Waals surface area contributed by atoms with Crippen LogP contribution in [0.15, 0.2) is 29.2 Å². The summed E-state index contributed by atoms with van der Waals surface area (Å²) in [6, 6.07) is 7.33. The lowest BCUT2D eigenvalue weighted by Gasteiger charge is -2.28. The average molecular weight is 283 g/mol. The summed E-state index contributed by atoms with van der Waals surface area (Å²) in [5.41, 5.74) is 6.28. The smallest absolute Gasteiger partial charge is 0.240 e. The van der Waals surface area contributed by atoms with Crippen molar-refractivity contribution in [3.63, 3.8) is 0 Å². The lowest BCUT2D eigenvalue weighted by molar-refractivity contribution is 0.579. The molecule has 106 valence electrons. The fourth-order valence-electron chi connectivity index (χ4n) is 2.74. The molecule has 1 aromatic carbocycles. The summed E-state index contributed by atoms with van der Waals surface area (Å²) in [6.45, 7) is 1.54. The standard InChI is InChI=1S/C13H21N3O2S/c14-9-3-5-11-6-4-10-16(11)12-7-1-2-8-13(12)19(15,17)18/h1-2,7-8,11H,3-6,9-10,14H2,(H2,15,17,18). The Morgan fingerprint density at radius 2 is 2.05 bits per heavy atom. The van der Waals surface area contributed by atoms with Crippen LogP contribution >= 0.6 is 0 Å². The molecular weight excluding hydrogens is 262 g/mol. The predicted octanol–water partition coefficient (Wildman–Crippen LogP) is 1.04. The molecule has 0 saturated carbocycles. The van der Waals surface area contributed by atoms with Gasteiger partial charge in [0, 0.05) is 12.6 Å². The number of benzene rings is 1. The first-order valence-electron chi connectivity index (χ1n) is 6.62. The molecule has 1 atom stereocenters. The van der Waals surface area contributed by atoms with Gasteiger partial charge in [0.15, 0.2) is 0 Å². The summed E-state index contributed by atoms with van der Waals surface area (Å²) < 4.78 is 23.3. The molecule has 5 nitrogen and oxygen atoms in total. The number of rotatable bonds is 5. The van der Waals surface area contributed by atoms with Gasteiger partial charge in [-0.15, -0.1) is 0 Å². The summed E-state index contributed by atoms with van der Waals surface area (Å²) in [6.07, 6.45) is 4.11. The summed E-state index contributed by atoms with van der Waals surface area (Å²) in [4.78, 5) is 2.38. The lowest BCUT2D eigenvalue weighted by atomic mass is 10.1. The van der Waals surface area contributed by atoms with E-state index in [-0.39, 0.29) is 4.90 Å². The van der Waals surface area contributed by atoms with E-state index in [0.717, 1.165) is 37.9 Å². The van der Waals surface area contributed by atoms with E-state index in [0.29, 0.717) is 12.6 Å². The highest BCUT2D eigenvalue weighted by atomic mass is 32.2. The maximum atomic E-state index is 11.7. The van der Waals surface area contributed by atoms with Crippen LogP contribution < -0.4 is 15.8 Å². The Labute approximate surface area is 114 Å². The molecule has 1 heterocycles. The van der Waals surface area contributed by atoms with E-state index in [9.17, 15) is 8.42 Å². The molecule has 0 radical (unpaired) electrons. The highest BCUT2D eigenvalue weighted by molar-refractivity contribution is 7.89. The molecule has 2 rings (SSSR count). The minimum atomic E-state index is -3.68. The van der Waals surface area contributed by atoms with Crippen molar-refractivity contribution in [1.29, 1.82) is 0 Å². The summed E-state index contributed by atoms with van der Waals surface area (Å²) in [5, 5.41) is 5.30. The maximum Gasteiger partial charge on any atom is 0.240 e. The van der Waals surface area contributed by atoms with Gasteiger partial charge in [-0.05, 0) is 44.4 Å². The van der Waals surface area contributed by atoms with E-state index in [1.54, 1.807) is 12.1 Å². The summed E-state index contributed by atoms with van der Waals surface area (Å²) >= 11 is 0. The van der Waals surface area contributed by atoms with Gasteiger partial charge >= 0.3 is 0 Å². The molecule has 1 aromatic rings. The summed E-state index contributed by atoms with van der Waals surface area (Å²) in [7, 11) is -3.68. The maximum absolute atomic E-state index is 11.7. The van der Waals surface area contributed by atoms with Crippen molar-refractivity contribution in [3.8, 4) is 0 Å². The Morgan fingerprint density at radius 3 is 2.74 bits per heavy atom. The van der Waals surface area contributed by atoms with E-state index in [1.807, 2.05) is 12.1 Å². The van der Waals surface area contributed by atoms with Crippen molar-refractivity contribution < 1.29 is 8.42 Å². The number of hydrogen-bond acceptors (Lipinski definition) is 4. The Bertz CT molecular complexity index is 530. The molecule has 1 aliphatic heterocycles. The third-order valence-electron chi connectivity index (χ3n) is 3.60. The Balaban J connectivity index is 2.31. The van der Waals surface area contributed by atoms with Crippen molar-refractivity contribution in [2.24, 2.45) is 10.9 Å². The second kappa shape index (κ2) is 5.90. The van der Waals surface area contributed by atoms with Crippen LogP contribution in [-0.2, 0) is 10.0 Å². The van der Waals surface area contributed by atoms with Crippen molar-refractivity contribution >= 4 is 15.7 Å². The Morgan fingerprint density at radius 1 is 1.32 bits per heavy atom. The fourth-order valence-corrected chi connectivity index (χ4v) is 3.49. The van der Waals surface area contributed by atoms with Crippen LogP contribution in [0.1, 0.15) is 25.7 Å². The van der Waals surface area contributed by atoms with Crippen LogP contribution in [0.2, 0.25) is 0 Å². The number of sulfonamides is 1. The van der Waals surface area contributed by atoms with Crippen LogP contribution in [0.4, 0.5) is 5.69 Å². The minimum absolute atomic E-state index is 0.217. The van der Waals surface area contributed by atoms with Gasteiger partial charge in [0.2, 0.25) is 10.0 Å². The van der Waals surface area contributed by atoms with E-state index < -0.39 is 10.0 Å². The predicted molar refractivity (Wildman–Crippen MR) is 76.5 cm³/mol. The van der Waals surface area contributed by atoms with Crippen molar-refractivity contribution in [2.45, 2.75) is 36.6 Å². The van der Waals surface area contributed by atoms with E-state index >= 15 is 0 Å². The molecule has 0 amide bonds. The number of para-hydroxylation sites is 1. The first-order valence-corrected chi connectivity index (χ1v) is 8.17. The van der Waals surface area contributed by atoms with Gasteiger partial charge in [-0.2, -0.15) is 0 Å². The SMILES string of the molecule is NCCCC1CCCN1c1ccccc1S(N)(=O)=O. The van der Waals surface area contributed by atoms with E-state index in [1.165, 1.54) is 0 Å². The molecule has 6 heteroatoms. The fraction of sp³-hybridized carbons (Fsp3) is 0.538.